The molecule has 31 heavy (non-hydrogen) atoms. The molecule has 0 aliphatic carbocycles. The number of benzene rings is 1. The van der Waals surface area contributed by atoms with Crippen LogP contribution in [0.2, 0.25) is 0 Å². The van der Waals surface area contributed by atoms with E-state index < -0.39 is 0 Å². The number of hydrogen-bond donors (Lipinski definition) is 1. The number of aryl methyl sites for hydroxylation is 2. The van der Waals surface area contributed by atoms with Gasteiger partial charge in [-0.15, -0.1) is 0 Å². The quantitative estimate of drug-likeness (QED) is 0.344. The third-order valence-electron chi connectivity index (χ3n) is 5.00. The summed E-state index contributed by atoms with van der Waals surface area (Å²) in [6.45, 7) is 28.4. The van der Waals surface area contributed by atoms with Gasteiger partial charge in [0.05, 0.1) is 0 Å². The Labute approximate surface area is 193 Å². The van der Waals surface area contributed by atoms with E-state index in [0.717, 1.165) is 12.1 Å². The molecule has 0 bridgehead atoms. The van der Waals surface area contributed by atoms with Crippen molar-refractivity contribution in [1.82, 2.24) is 0 Å². The van der Waals surface area contributed by atoms with Gasteiger partial charge >= 0.3 is 0 Å². The van der Waals surface area contributed by atoms with E-state index in [2.05, 4.69) is 92.8 Å². The Morgan fingerprint density at radius 3 is 1.65 bits per heavy atom. The third-order valence-corrected chi connectivity index (χ3v) is 5.00. The summed E-state index contributed by atoms with van der Waals surface area (Å²) in [5, 5.41) is 0. The first kappa shape index (κ1) is 30.7. The van der Waals surface area contributed by atoms with E-state index >= 15 is 0 Å². The van der Waals surface area contributed by atoms with Crippen molar-refractivity contribution in [1.29, 1.82) is 0 Å². The van der Waals surface area contributed by atoms with Crippen molar-refractivity contribution in [2.75, 3.05) is 5.73 Å². The monoisotopic (exact) mass is 421 g/mol. The maximum atomic E-state index is 5.96. The molecule has 172 valence electrons. The summed E-state index contributed by atoms with van der Waals surface area (Å²) >= 11 is 0. The Kier molecular flexibility index (Phi) is 17.0. The first-order valence-electron chi connectivity index (χ1n) is 11.5. The lowest BCUT2D eigenvalue weighted by Crippen LogP contribution is -1.99. The highest BCUT2D eigenvalue weighted by molar-refractivity contribution is 5.56. The van der Waals surface area contributed by atoms with Crippen molar-refractivity contribution in [3.05, 3.63) is 101 Å². The summed E-state index contributed by atoms with van der Waals surface area (Å²) in [6.07, 6.45) is 13.0. The summed E-state index contributed by atoms with van der Waals surface area (Å²) in [5.74, 6) is 0.588. The SMILES string of the molecule is C=C\C=C(C)/C(=C\C)C(=C/C)/C(C)=C\C=C.CC.CCc1cc(C(C)C)cc(C)c1N. The predicted octanol–water partition coefficient (Wildman–Crippen LogP) is 9.43. The fraction of sp³-hybridized carbons (Fsp3) is 0.400. The molecule has 0 unspecified atom stereocenters. The van der Waals surface area contributed by atoms with Crippen LogP contribution in [0.15, 0.2) is 84.0 Å². The van der Waals surface area contributed by atoms with E-state index in [0.29, 0.717) is 5.92 Å². The molecule has 1 rings (SSSR count). The molecule has 1 nitrogen and oxygen atoms in total. The molecule has 0 saturated heterocycles. The van der Waals surface area contributed by atoms with Crippen molar-refractivity contribution < 1.29 is 0 Å². The number of anilines is 1. The van der Waals surface area contributed by atoms with Gasteiger partial charge < -0.3 is 5.73 Å². The van der Waals surface area contributed by atoms with Crippen LogP contribution in [0, 0.1) is 6.92 Å². The normalized spacial score (nSPS) is 12.5. The summed E-state index contributed by atoms with van der Waals surface area (Å²) in [7, 11) is 0. The Hall–Kier alpha value is -2.54. The van der Waals surface area contributed by atoms with E-state index in [1.54, 1.807) is 0 Å². The Morgan fingerprint density at radius 2 is 1.35 bits per heavy atom. The van der Waals surface area contributed by atoms with Crippen LogP contribution in [0.4, 0.5) is 5.69 Å². The zero-order chi connectivity index (χ0) is 24.6. The van der Waals surface area contributed by atoms with E-state index in [-0.39, 0.29) is 0 Å². The number of nitrogens with two attached hydrogens (primary N) is 1. The smallest absolute Gasteiger partial charge is 0.0376 e. The largest absolute Gasteiger partial charge is 0.398 e. The Morgan fingerprint density at radius 1 is 0.935 bits per heavy atom. The highest BCUT2D eigenvalue weighted by Crippen LogP contribution is 2.26. The summed E-state index contributed by atoms with van der Waals surface area (Å²) in [6, 6.07) is 4.42. The van der Waals surface area contributed by atoms with Crippen molar-refractivity contribution in [2.24, 2.45) is 0 Å². The van der Waals surface area contributed by atoms with Crippen LogP contribution >= 0.6 is 0 Å². The number of allylic oxidation sites excluding steroid dienone is 10. The molecule has 0 aliphatic heterocycles. The topological polar surface area (TPSA) is 26.0 Å². The van der Waals surface area contributed by atoms with Crippen LogP contribution < -0.4 is 5.73 Å². The average molecular weight is 422 g/mol. The lowest BCUT2D eigenvalue weighted by molar-refractivity contribution is 0.861. The molecule has 0 amide bonds. The Balaban J connectivity index is 0. The summed E-state index contributed by atoms with van der Waals surface area (Å²) < 4.78 is 0. The van der Waals surface area contributed by atoms with Gasteiger partial charge in [-0.1, -0.05) is 96.4 Å². The van der Waals surface area contributed by atoms with Gasteiger partial charge in [-0.05, 0) is 85.9 Å². The maximum absolute atomic E-state index is 5.96. The van der Waals surface area contributed by atoms with Gasteiger partial charge in [0.1, 0.15) is 0 Å². The van der Waals surface area contributed by atoms with Crippen LogP contribution in [0.1, 0.15) is 84.9 Å². The fourth-order valence-corrected chi connectivity index (χ4v) is 3.25. The fourth-order valence-electron chi connectivity index (χ4n) is 3.25. The van der Waals surface area contributed by atoms with Gasteiger partial charge in [-0.2, -0.15) is 0 Å². The standard InChI is InChI=1S/C16H22.C12H19N.C2H6/c1-7-11-13(5)15(9-3)16(10-4)14(6)12-8-2;1-5-10-7-11(8(2)3)6-9(4)12(10)13;1-2/h7-12H,1-2H2,3-6H3;6-8H,5,13H2,1-4H3;1-2H3/b13-11-,14-12-,15-9+,16-10+;;. The number of rotatable bonds is 7. The molecule has 1 aromatic carbocycles. The molecule has 1 heteroatoms. The van der Waals surface area contributed by atoms with Crippen molar-refractivity contribution in [3.63, 3.8) is 0 Å². The molecule has 0 saturated carbocycles. The van der Waals surface area contributed by atoms with Gasteiger partial charge in [-0.25, -0.2) is 0 Å². The molecule has 0 radical (unpaired) electrons. The van der Waals surface area contributed by atoms with Crippen LogP contribution in [0.25, 0.3) is 0 Å². The molecular formula is C30H47N. The van der Waals surface area contributed by atoms with Gasteiger partial charge in [0.2, 0.25) is 0 Å². The van der Waals surface area contributed by atoms with E-state index in [1.807, 2.05) is 38.2 Å². The molecule has 2 N–H and O–H groups in total. The van der Waals surface area contributed by atoms with Crippen molar-refractivity contribution in [3.8, 4) is 0 Å². The molecular weight excluding hydrogens is 374 g/mol. The predicted molar refractivity (Wildman–Crippen MR) is 146 cm³/mol. The lowest BCUT2D eigenvalue weighted by atomic mass is 9.92. The van der Waals surface area contributed by atoms with E-state index in [9.17, 15) is 0 Å². The molecule has 0 aliphatic rings. The second-order valence-electron chi connectivity index (χ2n) is 7.49. The molecule has 0 atom stereocenters. The van der Waals surface area contributed by atoms with Gasteiger partial charge in [0.25, 0.3) is 0 Å². The second-order valence-corrected chi connectivity index (χ2v) is 7.49. The minimum absolute atomic E-state index is 0.588. The van der Waals surface area contributed by atoms with Crippen LogP contribution in [-0.2, 0) is 6.42 Å². The Bertz CT molecular complexity index is 773. The van der Waals surface area contributed by atoms with Crippen molar-refractivity contribution >= 4 is 5.69 Å². The van der Waals surface area contributed by atoms with Crippen LogP contribution in [0.5, 0.6) is 0 Å². The average Bonchev–Trinajstić information content (AvgIpc) is 2.75. The highest BCUT2D eigenvalue weighted by atomic mass is 14.6. The first-order valence-corrected chi connectivity index (χ1v) is 11.5. The van der Waals surface area contributed by atoms with E-state index in [4.69, 9.17) is 5.73 Å². The lowest BCUT2D eigenvalue weighted by Gasteiger charge is -2.12. The molecule has 1 aromatic rings. The summed E-state index contributed by atoms with van der Waals surface area (Å²) in [5.41, 5.74) is 15.8. The zero-order valence-corrected chi connectivity index (χ0v) is 21.9. The summed E-state index contributed by atoms with van der Waals surface area (Å²) in [4.78, 5) is 0. The molecule has 0 fully saturated rings. The van der Waals surface area contributed by atoms with Gasteiger partial charge in [0, 0.05) is 5.69 Å². The molecule has 0 spiro atoms. The van der Waals surface area contributed by atoms with Gasteiger partial charge in [-0.3, -0.25) is 0 Å². The van der Waals surface area contributed by atoms with Gasteiger partial charge in [0.15, 0.2) is 0 Å². The third kappa shape index (κ3) is 10.4. The minimum Gasteiger partial charge on any atom is -0.398 e. The minimum atomic E-state index is 0.588. The number of nitrogen functional groups attached to an aromatic ring is 1. The second kappa shape index (κ2) is 17.2. The highest BCUT2D eigenvalue weighted by Gasteiger charge is 2.07. The van der Waals surface area contributed by atoms with Crippen LogP contribution in [0.3, 0.4) is 0 Å². The first-order chi connectivity index (χ1) is 14.7. The maximum Gasteiger partial charge on any atom is 0.0376 e. The van der Waals surface area contributed by atoms with Crippen molar-refractivity contribution in [2.45, 2.75) is 81.6 Å². The van der Waals surface area contributed by atoms with Crippen LogP contribution in [-0.4, -0.2) is 0 Å². The molecule has 0 aromatic heterocycles. The van der Waals surface area contributed by atoms with E-state index in [1.165, 1.54) is 39.0 Å². The molecule has 0 heterocycles. The number of hydrogen-bond acceptors (Lipinski definition) is 1. The zero-order valence-electron chi connectivity index (χ0n) is 21.9.